The second-order valence-corrected chi connectivity index (χ2v) is 3.91. The maximum Gasteiger partial charge on any atom is 0.256 e. The third kappa shape index (κ3) is 2.65. The van der Waals surface area contributed by atoms with Gasteiger partial charge in [-0.2, -0.15) is 4.98 Å². The summed E-state index contributed by atoms with van der Waals surface area (Å²) in [5, 5.41) is 0. The Balaban J connectivity index is 2.25. The number of methoxy groups -OCH3 is 1. The second kappa shape index (κ2) is 5.01. The van der Waals surface area contributed by atoms with Crippen molar-refractivity contribution >= 4 is 0 Å². The highest BCUT2D eigenvalue weighted by Gasteiger charge is 2.13. The summed E-state index contributed by atoms with van der Waals surface area (Å²) in [4.78, 5) is 4.15. The van der Waals surface area contributed by atoms with Gasteiger partial charge in [-0.25, -0.2) is 0 Å². The molecule has 1 heterocycles. The van der Waals surface area contributed by atoms with Crippen LogP contribution >= 0.6 is 0 Å². The minimum absolute atomic E-state index is 0.282. The molecule has 0 fully saturated rings. The lowest BCUT2D eigenvalue weighted by molar-refractivity contribution is 0.384. The third-order valence-corrected chi connectivity index (χ3v) is 2.52. The van der Waals surface area contributed by atoms with E-state index < -0.39 is 0 Å². The summed E-state index contributed by atoms with van der Waals surface area (Å²) in [6.45, 7) is 2.34. The highest BCUT2D eigenvalue weighted by molar-refractivity contribution is 5.29. The Labute approximate surface area is 100 Å². The van der Waals surface area contributed by atoms with E-state index in [2.05, 4.69) is 30.1 Å². The van der Waals surface area contributed by atoms with Crippen LogP contribution in [-0.2, 0) is 13.0 Å². The number of aromatic nitrogens is 1. The molecule has 90 valence electrons. The average molecular weight is 232 g/mol. The Kier molecular flexibility index (Phi) is 3.44. The number of benzene rings is 1. The van der Waals surface area contributed by atoms with Crippen LogP contribution in [0.15, 0.2) is 28.7 Å². The van der Waals surface area contributed by atoms with Crippen LogP contribution in [0, 0.1) is 6.92 Å². The van der Waals surface area contributed by atoms with E-state index in [0.717, 1.165) is 5.76 Å². The molecule has 2 N–H and O–H groups in total. The normalized spacial score (nSPS) is 10.5. The molecule has 1 aromatic carbocycles. The lowest BCUT2D eigenvalue weighted by Gasteiger charge is -2.01. The van der Waals surface area contributed by atoms with Crippen molar-refractivity contribution in [2.24, 2.45) is 5.73 Å². The fraction of sp³-hybridized carbons (Fsp3) is 0.308. The van der Waals surface area contributed by atoms with Gasteiger partial charge in [-0.15, -0.1) is 0 Å². The molecule has 0 amide bonds. The quantitative estimate of drug-likeness (QED) is 0.876. The van der Waals surface area contributed by atoms with E-state index in [1.165, 1.54) is 11.1 Å². The minimum atomic E-state index is 0.282. The molecule has 0 aliphatic carbocycles. The molecule has 0 saturated heterocycles. The highest BCUT2D eigenvalue weighted by Crippen LogP contribution is 2.22. The van der Waals surface area contributed by atoms with Gasteiger partial charge in [-0.05, 0) is 12.5 Å². The fourth-order valence-electron chi connectivity index (χ4n) is 1.75. The Morgan fingerprint density at radius 1 is 1.41 bits per heavy atom. The zero-order chi connectivity index (χ0) is 12.3. The minimum Gasteiger partial charge on any atom is -0.479 e. The van der Waals surface area contributed by atoms with Gasteiger partial charge >= 0.3 is 0 Å². The zero-order valence-corrected chi connectivity index (χ0v) is 10.1. The first-order chi connectivity index (χ1) is 8.22. The van der Waals surface area contributed by atoms with Gasteiger partial charge in [-0.1, -0.05) is 29.8 Å². The van der Waals surface area contributed by atoms with Gasteiger partial charge in [0.15, 0.2) is 5.76 Å². The van der Waals surface area contributed by atoms with E-state index in [-0.39, 0.29) is 6.54 Å². The topological polar surface area (TPSA) is 61.3 Å². The zero-order valence-electron chi connectivity index (χ0n) is 10.1. The predicted molar refractivity (Wildman–Crippen MR) is 64.9 cm³/mol. The van der Waals surface area contributed by atoms with Gasteiger partial charge in [0.1, 0.15) is 0 Å². The number of ether oxygens (including phenoxy) is 1. The molecule has 0 saturated carbocycles. The average Bonchev–Trinajstić information content (AvgIpc) is 2.71. The summed E-state index contributed by atoms with van der Waals surface area (Å²) < 4.78 is 10.7. The van der Waals surface area contributed by atoms with Crippen molar-refractivity contribution in [2.45, 2.75) is 19.9 Å². The molecule has 0 bridgehead atoms. The molecule has 1 aromatic heterocycles. The molecule has 0 aliphatic heterocycles. The van der Waals surface area contributed by atoms with E-state index >= 15 is 0 Å². The van der Waals surface area contributed by atoms with Gasteiger partial charge in [0.25, 0.3) is 5.88 Å². The van der Waals surface area contributed by atoms with Gasteiger partial charge in [0.05, 0.1) is 13.7 Å². The third-order valence-electron chi connectivity index (χ3n) is 2.52. The van der Waals surface area contributed by atoms with E-state index in [1.54, 1.807) is 7.11 Å². The van der Waals surface area contributed by atoms with Crippen molar-refractivity contribution in [1.29, 1.82) is 0 Å². The Hall–Kier alpha value is -1.81. The lowest BCUT2D eigenvalue weighted by atomic mass is 10.1. The van der Waals surface area contributed by atoms with E-state index in [1.807, 2.05) is 6.07 Å². The molecule has 4 heteroatoms. The first kappa shape index (κ1) is 11.7. The number of nitrogens with two attached hydrogens (primary N) is 1. The Morgan fingerprint density at radius 3 is 2.88 bits per heavy atom. The van der Waals surface area contributed by atoms with Gasteiger partial charge in [0, 0.05) is 6.42 Å². The number of aryl methyl sites for hydroxylation is 1. The van der Waals surface area contributed by atoms with Crippen LogP contribution in [0.25, 0.3) is 0 Å². The molecular weight excluding hydrogens is 216 g/mol. The van der Waals surface area contributed by atoms with Gasteiger partial charge < -0.3 is 14.9 Å². The summed E-state index contributed by atoms with van der Waals surface area (Å²) in [5.41, 5.74) is 7.88. The molecular formula is C13H16N2O2. The van der Waals surface area contributed by atoms with Crippen LogP contribution in [-0.4, -0.2) is 12.1 Å². The molecule has 17 heavy (non-hydrogen) atoms. The van der Waals surface area contributed by atoms with Crippen LogP contribution in [0.4, 0.5) is 0 Å². The Bertz CT molecular complexity index is 506. The largest absolute Gasteiger partial charge is 0.479 e. The van der Waals surface area contributed by atoms with E-state index in [0.29, 0.717) is 18.2 Å². The predicted octanol–water partition coefficient (Wildman–Crippen LogP) is 2.04. The maximum absolute atomic E-state index is 5.54. The molecule has 0 radical (unpaired) electrons. The van der Waals surface area contributed by atoms with Crippen LogP contribution < -0.4 is 10.5 Å². The van der Waals surface area contributed by atoms with Crippen LogP contribution in [0.3, 0.4) is 0 Å². The first-order valence-electron chi connectivity index (χ1n) is 5.51. The van der Waals surface area contributed by atoms with Crippen molar-refractivity contribution in [1.82, 2.24) is 4.98 Å². The molecule has 0 unspecified atom stereocenters. The van der Waals surface area contributed by atoms with Crippen LogP contribution in [0.5, 0.6) is 5.88 Å². The van der Waals surface area contributed by atoms with Gasteiger partial charge in [0.2, 0.25) is 5.89 Å². The SMILES string of the molecule is COc1nc(CN)oc1Cc1cccc(C)c1. The number of oxazole rings is 1. The fourth-order valence-corrected chi connectivity index (χ4v) is 1.75. The van der Waals surface area contributed by atoms with Crippen molar-refractivity contribution in [2.75, 3.05) is 7.11 Å². The van der Waals surface area contributed by atoms with Crippen molar-refractivity contribution in [3.63, 3.8) is 0 Å². The van der Waals surface area contributed by atoms with E-state index in [9.17, 15) is 0 Å². The molecule has 2 aromatic rings. The summed E-state index contributed by atoms with van der Waals surface area (Å²) in [5.74, 6) is 1.75. The molecule has 0 atom stereocenters. The number of rotatable bonds is 4. The summed E-state index contributed by atoms with van der Waals surface area (Å²) in [7, 11) is 1.58. The number of nitrogens with zero attached hydrogens (tertiary/aromatic N) is 1. The molecule has 2 rings (SSSR count). The summed E-state index contributed by atoms with van der Waals surface area (Å²) in [6.07, 6.45) is 0.665. The highest BCUT2D eigenvalue weighted by atomic mass is 16.5. The Morgan fingerprint density at radius 2 is 2.24 bits per heavy atom. The monoisotopic (exact) mass is 232 g/mol. The lowest BCUT2D eigenvalue weighted by Crippen LogP contribution is -1.95. The molecule has 0 spiro atoms. The van der Waals surface area contributed by atoms with Gasteiger partial charge in [-0.3, -0.25) is 0 Å². The van der Waals surface area contributed by atoms with Crippen LogP contribution in [0.1, 0.15) is 22.8 Å². The number of hydrogen-bond donors (Lipinski definition) is 1. The standard InChI is InChI=1S/C13H16N2O2/c1-9-4-3-5-10(6-9)7-11-13(16-2)15-12(8-14)17-11/h3-6H,7-8,14H2,1-2H3. The molecule has 0 aliphatic rings. The second-order valence-electron chi connectivity index (χ2n) is 3.91. The van der Waals surface area contributed by atoms with Crippen molar-refractivity contribution in [3.8, 4) is 5.88 Å². The van der Waals surface area contributed by atoms with Crippen LogP contribution in [0.2, 0.25) is 0 Å². The van der Waals surface area contributed by atoms with Crippen molar-refractivity contribution < 1.29 is 9.15 Å². The first-order valence-corrected chi connectivity index (χ1v) is 5.51. The molecule has 4 nitrogen and oxygen atoms in total. The van der Waals surface area contributed by atoms with Crippen molar-refractivity contribution in [3.05, 3.63) is 47.0 Å². The van der Waals surface area contributed by atoms with E-state index in [4.69, 9.17) is 14.9 Å². The number of hydrogen-bond acceptors (Lipinski definition) is 4. The maximum atomic E-state index is 5.54. The summed E-state index contributed by atoms with van der Waals surface area (Å²) in [6, 6.07) is 8.25. The smallest absolute Gasteiger partial charge is 0.256 e. The summed E-state index contributed by atoms with van der Waals surface area (Å²) >= 11 is 0.